The van der Waals surface area contributed by atoms with Gasteiger partial charge in [0, 0.05) is 23.7 Å². The van der Waals surface area contributed by atoms with Crippen LogP contribution in [0.25, 0.3) is 22.2 Å². The first kappa shape index (κ1) is 30.3. The van der Waals surface area contributed by atoms with Gasteiger partial charge in [-0.1, -0.05) is 23.2 Å². The Kier molecular flexibility index (Phi) is 7.84. The molecule has 5 rings (SSSR count). The van der Waals surface area contributed by atoms with Crippen molar-refractivity contribution in [1.29, 1.82) is 0 Å². The number of pyridine rings is 1. The van der Waals surface area contributed by atoms with Crippen molar-refractivity contribution in [2.45, 2.75) is 32.5 Å². The quantitative estimate of drug-likeness (QED) is 0.264. The maximum absolute atomic E-state index is 14.7. The van der Waals surface area contributed by atoms with E-state index in [2.05, 4.69) is 15.1 Å². The van der Waals surface area contributed by atoms with Gasteiger partial charge in [0.2, 0.25) is 5.88 Å². The van der Waals surface area contributed by atoms with Crippen LogP contribution in [0.15, 0.2) is 46.2 Å². The van der Waals surface area contributed by atoms with Gasteiger partial charge in [-0.25, -0.2) is 27.9 Å². The zero-order valence-corrected chi connectivity index (χ0v) is 24.6. The molecule has 0 fully saturated rings. The summed E-state index contributed by atoms with van der Waals surface area (Å²) in [6.45, 7) is 2.10. The second kappa shape index (κ2) is 11.1. The molecule has 0 saturated carbocycles. The highest BCUT2D eigenvalue weighted by Crippen LogP contribution is 2.39. The first-order valence-electron chi connectivity index (χ1n) is 12.6. The Balaban J connectivity index is 1.83. The zero-order chi connectivity index (χ0) is 31.4. The molecule has 43 heavy (non-hydrogen) atoms. The third-order valence-corrected chi connectivity index (χ3v) is 7.29. The molecule has 0 radical (unpaired) electrons. The average Bonchev–Trinajstić information content (AvgIpc) is 3.35. The number of halogens is 5. The molecule has 5 aromatic rings. The molecular formula is C28H23Cl2F3N6O4. The predicted octanol–water partition coefficient (Wildman–Crippen LogP) is 4.41. The van der Waals surface area contributed by atoms with Crippen LogP contribution in [0.5, 0.6) is 5.88 Å². The topological polar surface area (TPSA) is 117 Å². The summed E-state index contributed by atoms with van der Waals surface area (Å²) in [7, 11) is 2.91. The van der Waals surface area contributed by atoms with Crippen LogP contribution in [0.4, 0.5) is 13.2 Å². The standard InChI is InChI=1S/C28H23Cl2F3N6O4/c1-28(2,42)16-7-14(17(29)9-19(16)31)15-8-21-24(35-25(15)43-4)26(40)39(11-22-34-12-37(3)36-22)27(41)38(21)10-13-5-18(30)23(33)20(32)6-13/h5-9,12,42H,10-11H2,1-4H3. The Morgan fingerprint density at radius 2 is 1.67 bits per heavy atom. The number of fused-ring (bicyclic) bond motifs is 1. The molecule has 15 heteroatoms. The molecule has 3 aromatic heterocycles. The van der Waals surface area contributed by atoms with Gasteiger partial charge in [0.25, 0.3) is 5.56 Å². The van der Waals surface area contributed by atoms with Crippen LogP contribution >= 0.6 is 23.2 Å². The van der Waals surface area contributed by atoms with Crippen LogP contribution < -0.4 is 16.0 Å². The molecule has 0 bridgehead atoms. The number of aromatic nitrogens is 6. The summed E-state index contributed by atoms with van der Waals surface area (Å²) in [5.74, 6) is -3.18. The fourth-order valence-corrected chi connectivity index (χ4v) is 5.14. The summed E-state index contributed by atoms with van der Waals surface area (Å²) in [6.07, 6.45) is 1.39. The highest BCUT2D eigenvalue weighted by molar-refractivity contribution is 6.33. The summed E-state index contributed by atoms with van der Waals surface area (Å²) in [4.78, 5) is 36.0. The molecule has 0 aliphatic carbocycles. The molecule has 0 aliphatic heterocycles. The van der Waals surface area contributed by atoms with E-state index >= 15 is 0 Å². The lowest BCUT2D eigenvalue weighted by Gasteiger charge is -2.21. The molecule has 1 N–H and O–H groups in total. The molecular weight excluding hydrogens is 612 g/mol. The zero-order valence-electron chi connectivity index (χ0n) is 23.1. The number of methoxy groups -OCH3 is 1. The molecule has 10 nitrogen and oxygen atoms in total. The molecule has 0 unspecified atom stereocenters. The second-order valence-electron chi connectivity index (χ2n) is 10.3. The van der Waals surface area contributed by atoms with Gasteiger partial charge in [-0.05, 0) is 49.7 Å². The molecule has 2 aromatic carbocycles. The molecule has 0 amide bonds. The van der Waals surface area contributed by atoms with Gasteiger partial charge in [0.05, 0.1) is 41.4 Å². The summed E-state index contributed by atoms with van der Waals surface area (Å²) < 4.78 is 51.8. The van der Waals surface area contributed by atoms with E-state index in [9.17, 15) is 27.9 Å². The SMILES string of the molecule is COc1nc2c(=O)n(Cc3ncn(C)n3)c(=O)n(Cc3cc(F)c(F)c(Cl)c3)c2cc1-c1cc(C(C)(C)O)c(F)cc1Cl. The summed E-state index contributed by atoms with van der Waals surface area (Å²) in [5.41, 5.74) is -3.12. The number of nitrogens with zero attached hydrogens (tertiary/aromatic N) is 6. The van der Waals surface area contributed by atoms with Crippen molar-refractivity contribution in [3.63, 3.8) is 0 Å². The third-order valence-electron chi connectivity index (χ3n) is 6.70. The number of hydrogen-bond donors (Lipinski definition) is 1. The highest BCUT2D eigenvalue weighted by atomic mass is 35.5. The molecule has 0 aliphatic rings. The number of aliphatic hydroxyl groups is 1. The molecule has 3 heterocycles. The van der Waals surface area contributed by atoms with Crippen molar-refractivity contribution in [2.75, 3.05) is 7.11 Å². The lowest BCUT2D eigenvalue weighted by Crippen LogP contribution is -2.41. The van der Waals surface area contributed by atoms with Crippen molar-refractivity contribution in [2.24, 2.45) is 7.05 Å². The van der Waals surface area contributed by atoms with Crippen molar-refractivity contribution >= 4 is 34.2 Å². The van der Waals surface area contributed by atoms with Crippen molar-refractivity contribution in [3.05, 3.63) is 102 Å². The number of ether oxygens (including phenoxy) is 1. The Bertz CT molecular complexity index is 2010. The van der Waals surface area contributed by atoms with E-state index < -0.39 is 39.3 Å². The van der Waals surface area contributed by atoms with Gasteiger partial charge in [-0.3, -0.25) is 18.6 Å². The summed E-state index contributed by atoms with van der Waals surface area (Å²) in [6, 6.07) is 5.75. The number of rotatable bonds is 7. The highest BCUT2D eigenvalue weighted by Gasteiger charge is 2.26. The maximum Gasteiger partial charge on any atom is 0.332 e. The Morgan fingerprint density at radius 1 is 0.953 bits per heavy atom. The van der Waals surface area contributed by atoms with E-state index in [-0.39, 0.29) is 63.1 Å². The number of benzene rings is 2. The van der Waals surface area contributed by atoms with Crippen molar-refractivity contribution in [1.82, 2.24) is 28.9 Å². The fraction of sp³-hybridized carbons (Fsp3) is 0.250. The van der Waals surface area contributed by atoms with Crippen LogP contribution in [-0.2, 0) is 25.7 Å². The van der Waals surface area contributed by atoms with Crippen molar-refractivity contribution in [3.8, 4) is 17.0 Å². The van der Waals surface area contributed by atoms with Crippen LogP contribution in [-0.4, -0.2) is 41.1 Å². The summed E-state index contributed by atoms with van der Waals surface area (Å²) >= 11 is 12.3. The third kappa shape index (κ3) is 5.63. The van der Waals surface area contributed by atoms with Crippen LogP contribution in [0.1, 0.15) is 30.8 Å². The fourth-order valence-electron chi connectivity index (χ4n) is 4.66. The summed E-state index contributed by atoms with van der Waals surface area (Å²) in [5, 5.41) is 14.1. The normalized spacial score (nSPS) is 11.9. The smallest absolute Gasteiger partial charge is 0.332 e. The van der Waals surface area contributed by atoms with Gasteiger partial charge in [-0.2, -0.15) is 5.10 Å². The number of hydrogen-bond acceptors (Lipinski definition) is 7. The van der Waals surface area contributed by atoms with Gasteiger partial charge in [0.15, 0.2) is 23.0 Å². The van der Waals surface area contributed by atoms with Crippen LogP contribution in [0, 0.1) is 17.5 Å². The van der Waals surface area contributed by atoms with E-state index in [0.717, 1.165) is 27.3 Å². The Labute approximate surface area is 251 Å². The average molecular weight is 635 g/mol. The predicted molar refractivity (Wildman–Crippen MR) is 153 cm³/mol. The van der Waals surface area contributed by atoms with E-state index in [1.54, 1.807) is 7.05 Å². The molecule has 0 atom stereocenters. The minimum atomic E-state index is -1.60. The Morgan fingerprint density at radius 3 is 2.28 bits per heavy atom. The minimum Gasteiger partial charge on any atom is -0.481 e. The largest absolute Gasteiger partial charge is 0.481 e. The van der Waals surface area contributed by atoms with Crippen LogP contribution in [0.3, 0.4) is 0 Å². The Hall–Kier alpha value is -4.20. The molecule has 224 valence electrons. The lowest BCUT2D eigenvalue weighted by atomic mass is 9.93. The monoisotopic (exact) mass is 634 g/mol. The minimum absolute atomic E-state index is 0.0258. The van der Waals surface area contributed by atoms with E-state index in [1.807, 2.05) is 0 Å². The van der Waals surface area contributed by atoms with E-state index in [1.165, 1.54) is 44.1 Å². The number of aryl methyl sites for hydroxylation is 1. The first-order valence-corrected chi connectivity index (χ1v) is 13.4. The first-order chi connectivity index (χ1) is 20.2. The molecule has 0 saturated heterocycles. The van der Waals surface area contributed by atoms with E-state index in [4.69, 9.17) is 27.9 Å². The van der Waals surface area contributed by atoms with Crippen LogP contribution in [0.2, 0.25) is 10.0 Å². The van der Waals surface area contributed by atoms with Gasteiger partial charge in [-0.15, -0.1) is 0 Å². The van der Waals surface area contributed by atoms with E-state index in [0.29, 0.717) is 0 Å². The van der Waals surface area contributed by atoms with Crippen molar-refractivity contribution < 1.29 is 23.0 Å². The lowest BCUT2D eigenvalue weighted by molar-refractivity contribution is 0.0746. The molecule has 0 spiro atoms. The van der Waals surface area contributed by atoms with Gasteiger partial charge in [0.1, 0.15) is 12.1 Å². The second-order valence-corrected chi connectivity index (χ2v) is 11.1. The maximum atomic E-state index is 14.7. The van der Waals surface area contributed by atoms with Gasteiger partial charge >= 0.3 is 5.69 Å². The van der Waals surface area contributed by atoms with Gasteiger partial charge < -0.3 is 9.84 Å².